The average molecular weight is 333 g/mol. The van der Waals surface area contributed by atoms with Crippen LogP contribution < -0.4 is 4.74 Å². The van der Waals surface area contributed by atoms with Gasteiger partial charge in [-0.2, -0.15) is 0 Å². The van der Waals surface area contributed by atoms with E-state index in [0.29, 0.717) is 0 Å². The van der Waals surface area contributed by atoms with Crippen LogP contribution in [0.5, 0.6) is 11.5 Å². The lowest BCUT2D eigenvalue weighted by Gasteiger charge is -2.46. The Balaban J connectivity index is 2.43. The molecule has 2 aliphatic rings. The second kappa shape index (κ2) is 6.22. The lowest BCUT2D eigenvalue weighted by Crippen LogP contribution is -2.45. The van der Waals surface area contributed by atoms with Crippen LogP contribution in [-0.2, 0) is 6.37 Å². The molecule has 0 aromatic heterocycles. The fraction of sp³-hybridized carbons (Fsp3) is 0.619. The highest BCUT2D eigenvalue weighted by Gasteiger charge is 2.45. The monoisotopic (exact) mass is 332 g/mol. The molecule has 0 saturated heterocycles. The first-order valence-electron chi connectivity index (χ1n) is 16.2. The maximum absolute atomic E-state index is 11.2. The Morgan fingerprint density at radius 3 is 3.13 bits per heavy atom. The van der Waals surface area contributed by atoms with Crippen molar-refractivity contribution in [2.75, 3.05) is 0 Å². The van der Waals surface area contributed by atoms with Crippen LogP contribution in [0.15, 0.2) is 23.7 Å². The van der Waals surface area contributed by atoms with E-state index in [1.165, 1.54) is 13.8 Å². The lowest BCUT2D eigenvalue weighted by molar-refractivity contribution is 0.0107. The third kappa shape index (κ3) is 3.13. The fourth-order valence-corrected chi connectivity index (χ4v) is 3.02. The van der Waals surface area contributed by atoms with Gasteiger partial charge in [-0.15, -0.1) is 0 Å². The van der Waals surface area contributed by atoms with Crippen LogP contribution >= 0.6 is 0 Å². The zero-order valence-corrected chi connectivity index (χ0v) is 12.8. The zero-order valence-electron chi connectivity index (χ0n) is 30.8. The first-order chi connectivity index (χ1) is 18.0. The fourth-order valence-electron chi connectivity index (χ4n) is 3.02. The molecule has 3 rings (SSSR count). The molecule has 2 atom stereocenters. The van der Waals surface area contributed by atoms with Crippen LogP contribution in [-0.4, -0.2) is 10.7 Å². The Labute approximate surface area is 165 Å². The smallest absolute Gasteiger partial charge is 0.127 e. The highest BCUT2D eigenvalue weighted by Crippen LogP contribution is 2.53. The average Bonchev–Trinajstić information content (AvgIpc) is 2.76. The van der Waals surface area contributed by atoms with Crippen LogP contribution in [0.2, 0.25) is 0 Å². The minimum Gasteiger partial charge on any atom is -0.507 e. The highest BCUT2D eigenvalue weighted by molar-refractivity contribution is 5.53. The van der Waals surface area contributed by atoms with Crippen molar-refractivity contribution >= 4 is 0 Å². The number of ether oxygens (including phenoxy) is 1. The summed E-state index contributed by atoms with van der Waals surface area (Å²) in [6, 6.07) is -3.17. The van der Waals surface area contributed by atoms with Gasteiger partial charge in [0.2, 0.25) is 0 Å². The third-order valence-corrected chi connectivity index (χ3v) is 4.05. The van der Waals surface area contributed by atoms with Crippen LogP contribution in [0.1, 0.15) is 101 Å². The van der Waals surface area contributed by atoms with Crippen molar-refractivity contribution in [1.29, 1.82) is 0 Å². The molecule has 0 spiro atoms. The van der Waals surface area contributed by atoms with E-state index in [1.54, 1.807) is 0 Å². The number of phenols is 1. The molecule has 23 heavy (non-hydrogen) atoms. The molecule has 0 bridgehead atoms. The van der Waals surface area contributed by atoms with Gasteiger partial charge in [-0.1, -0.05) is 31.2 Å². The van der Waals surface area contributed by atoms with E-state index in [4.69, 9.17) is 28.0 Å². The summed E-state index contributed by atoms with van der Waals surface area (Å²) >= 11 is 0. The van der Waals surface area contributed by atoms with Gasteiger partial charge in [-0.3, -0.25) is 0 Å². The number of rotatable bonds is 4. The van der Waals surface area contributed by atoms with Gasteiger partial charge in [0, 0.05) is 37.9 Å². The molecule has 1 aromatic rings. The number of benzene rings is 1. The molecule has 2 heteroatoms. The van der Waals surface area contributed by atoms with Crippen LogP contribution in [0.4, 0.5) is 0 Å². The van der Waals surface area contributed by atoms with Gasteiger partial charge in [0.25, 0.3) is 0 Å². The van der Waals surface area contributed by atoms with Crippen LogP contribution in [0.3, 0.4) is 0 Å². The number of allylic oxidation sites excluding steroid dienone is 2. The van der Waals surface area contributed by atoms with Crippen molar-refractivity contribution in [2.45, 2.75) is 77.4 Å². The van der Waals surface area contributed by atoms with Crippen molar-refractivity contribution in [3.63, 3.8) is 0 Å². The second-order valence-corrected chi connectivity index (χ2v) is 5.99. The van der Waals surface area contributed by atoms with E-state index in [1.807, 2.05) is 0 Å². The van der Waals surface area contributed by atoms with Crippen LogP contribution in [0, 0.1) is 5.92 Å². The van der Waals surface area contributed by atoms with E-state index in [2.05, 4.69) is 0 Å². The van der Waals surface area contributed by atoms with Crippen LogP contribution in [0.25, 0.3) is 0 Å². The van der Waals surface area contributed by atoms with Gasteiger partial charge >= 0.3 is 0 Å². The molecule has 0 fully saturated rings. The Kier molecular flexibility index (Phi) is 1.43. The largest absolute Gasteiger partial charge is 0.507 e. The summed E-state index contributed by atoms with van der Waals surface area (Å²) in [5.74, 6) is -5.38. The Morgan fingerprint density at radius 1 is 1.48 bits per heavy atom. The summed E-state index contributed by atoms with van der Waals surface area (Å²) in [6.07, 6.45) is -16.1. The summed E-state index contributed by atoms with van der Waals surface area (Å²) in [5, 5.41) is 11.2. The summed E-state index contributed by atoms with van der Waals surface area (Å²) in [7, 11) is 0. The Bertz CT molecular complexity index is 1290. The molecule has 126 valence electrons. The predicted octanol–water partition coefficient (Wildman–Crippen LogP) is 5.74. The minimum atomic E-state index is -4.10. The Morgan fingerprint density at radius 2 is 2.35 bits per heavy atom. The standard InChI is InChI=1S/C21H30O2/c1-5-6-7-8-15-12-18(22)20-16-11-14(2)9-10-17(16)21(3,4)23-19(20)13-15/h11-13,16-17,22H,5-10H2,1-4H3/t16-,17-/m1/s1/i1D3,2D3,5D2,6D2,7D2,8D2,11D,12D,13D,16D. The van der Waals surface area contributed by atoms with Gasteiger partial charge in [0.05, 0.1) is 4.11 Å². The molecular weight excluding hydrogens is 284 g/mol. The summed E-state index contributed by atoms with van der Waals surface area (Å²) < 4.78 is 152. The number of hydrogen-bond donors (Lipinski definition) is 1. The molecule has 1 N–H and O–H groups in total. The van der Waals surface area contributed by atoms with E-state index in [0.717, 1.165) is 0 Å². The summed E-state index contributed by atoms with van der Waals surface area (Å²) in [6.45, 7) is -3.63. The first kappa shape index (κ1) is 5.28. The third-order valence-electron chi connectivity index (χ3n) is 4.05. The lowest BCUT2D eigenvalue weighted by atomic mass is 9.68. The zero-order chi connectivity index (χ0) is 32.3. The van der Waals surface area contributed by atoms with Gasteiger partial charge in [-0.05, 0) is 63.9 Å². The second-order valence-electron chi connectivity index (χ2n) is 5.99. The molecule has 2 nitrogen and oxygen atoms in total. The molecular formula is C21H30O2. The molecule has 0 radical (unpaired) electrons. The van der Waals surface area contributed by atoms with Gasteiger partial charge in [0.1, 0.15) is 17.1 Å². The van der Waals surface area contributed by atoms with Gasteiger partial charge < -0.3 is 9.84 Å². The quantitative estimate of drug-likeness (QED) is 0.713. The number of hydrogen-bond acceptors (Lipinski definition) is 2. The number of fused-ring (bicyclic) bond motifs is 3. The van der Waals surface area contributed by atoms with E-state index in [9.17, 15) is 6.48 Å². The van der Waals surface area contributed by atoms with E-state index in [-0.39, 0.29) is 18.4 Å². The van der Waals surface area contributed by atoms with E-state index < -0.39 is 97.4 Å². The molecule has 0 saturated carbocycles. The Hall–Kier alpha value is -1.44. The van der Waals surface area contributed by atoms with Crippen molar-refractivity contribution < 1.29 is 34.5 Å². The maximum Gasteiger partial charge on any atom is 0.127 e. The van der Waals surface area contributed by atoms with E-state index >= 15 is 0 Å². The summed E-state index contributed by atoms with van der Waals surface area (Å²) in [4.78, 5) is 0. The molecule has 0 amide bonds. The van der Waals surface area contributed by atoms with Gasteiger partial charge in [-0.25, -0.2) is 0 Å². The highest BCUT2D eigenvalue weighted by atomic mass is 16.5. The molecule has 1 aliphatic heterocycles. The maximum atomic E-state index is 11.2. The SMILES string of the molecule is [2H]C1=C(C([2H])([2H])[2H])CC[C@H]2C(C)(C)Oc3c([2H])c(C([2H])([2H])C([2H])([2H])C([2H])([2H])C([2H])([2H])C([2H])([2H])[2H])c([2H])c(O)c3[C@]12[2H]. The van der Waals surface area contributed by atoms with Crippen molar-refractivity contribution in [2.24, 2.45) is 5.92 Å². The molecule has 0 unspecified atom stereocenters. The topological polar surface area (TPSA) is 29.5 Å². The normalized spacial score (nSPS) is 43.8. The molecule has 1 heterocycles. The predicted molar refractivity (Wildman–Crippen MR) is 95.3 cm³/mol. The van der Waals surface area contributed by atoms with Crippen molar-refractivity contribution in [1.82, 2.24) is 0 Å². The minimum absolute atomic E-state index is 0.00168. The van der Waals surface area contributed by atoms with Gasteiger partial charge in [0.15, 0.2) is 0 Å². The first-order valence-corrected chi connectivity index (χ1v) is 7.22. The number of aromatic hydroxyl groups is 1. The molecule has 1 aliphatic carbocycles. The van der Waals surface area contributed by atoms with Crippen molar-refractivity contribution in [3.8, 4) is 11.5 Å². The number of phenolic OH excluding ortho intramolecular Hbond substituents is 1. The summed E-state index contributed by atoms with van der Waals surface area (Å²) in [5.41, 5.74) is -3.82. The van der Waals surface area contributed by atoms with Crippen molar-refractivity contribution in [3.05, 3.63) is 34.8 Å². The molecule has 1 aromatic carbocycles.